The van der Waals surface area contributed by atoms with Crippen molar-refractivity contribution in [2.24, 2.45) is 0 Å². The summed E-state index contributed by atoms with van der Waals surface area (Å²) < 4.78 is 10.2. The highest BCUT2D eigenvalue weighted by Gasteiger charge is 2.33. The number of hydrogen-bond donors (Lipinski definition) is 1. The lowest BCUT2D eigenvalue weighted by molar-refractivity contribution is -0.385. The van der Waals surface area contributed by atoms with Gasteiger partial charge in [-0.1, -0.05) is 30.3 Å². The van der Waals surface area contributed by atoms with Crippen molar-refractivity contribution >= 4 is 28.9 Å². The van der Waals surface area contributed by atoms with Crippen molar-refractivity contribution in [2.45, 2.75) is 6.92 Å². The number of nitro benzene ring substituents is 1. The summed E-state index contributed by atoms with van der Waals surface area (Å²) in [5.74, 6) is -2.27. The summed E-state index contributed by atoms with van der Waals surface area (Å²) in [4.78, 5) is 47.0. The van der Waals surface area contributed by atoms with Gasteiger partial charge < -0.3 is 14.8 Å². The Morgan fingerprint density at radius 1 is 1.21 bits per heavy atom. The molecule has 1 aliphatic heterocycles. The van der Waals surface area contributed by atoms with Gasteiger partial charge in [0, 0.05) is 22.9 Å². The van der Waals surface area contributed by atoms with Crippen LogP contribution in [-0.4, -0.2) is 35.7 Å². The summed E-state index contributed by atoms with van der Waals surface area (Å²) in [7, 11) is 0. The summed E-state index contributed by atoms with van der Waals surface area (Å²) in [6.07, 6.45) is 0. The Hall–Kier alpha value is -4.01. The van der Waals surface area contributed by atoms with Crippen LogP contribution >= 0.6 is 0 Å². The number of nitro groups is 1. The van der Waals surface area contributed by atoms with Gasteiger partial charge in [-0.2, -0.15) is 0 Å². The van der Waals surface area contributed by atoms with Crippen molar-refractivity contribution in [2.75, 3.05) is 18.5 Å². The first-order chi connectivity index (χ1) is 13.9. The van der Waals surface area contributed by atoms with Crippen molar-refractivity contribution in [3.8, 4) is 0 Å². The standard InChI is InChI=1S/C20H16N2O7/c1-12-7-8-13(9-15(12)22(26)27)16(23)10-29-20(25)18-17(24)11-28-19(18)21-14-5-3-2-4-6-14/h2-9,21H,10-11H2,1H3. The number of carbonyl (C=O) groups excluding carboxylic acids is 3. The van der Waals surface area contributed by atoms with E-state index < -0.39 is 29.1 Å². The molecule has 0 radical (unpaired) electrons. The van der Waals surface area contributed by atoms with Gasteiger partial charge in [-0.3, -0.25) is 19.7 Å². The summed E-state index contributed by atoms with van der Waals surface area (Å²) in [5.41, 5.74) is 0.500. The molecule has 9 heteroatoms. The largest absolute Gasteiger partial charge is 0.470 e. The van der Waals surface area contributed by atoms with Crippen LogP contribution in [0.2, 0.25) is 0 Å². The third-order valence-corrected chi connectivity index (χ3v) is 4.15. The molecule has 0 spiro atoms. The monoisotopic (exact) mass is 396 g/mol. The minimum atomic E-state index is -1.01. The zero-order valence-electron chi connectivity index (χ0n) is 15.3. The number of anilines is 1. The molecule has 0 unspecified atom stereocenters. The van der Waals surface area contributed by atoms with Gasteiger partial charge in [0.05, 0.1) is 4.92 Å². The molecule has 1 N–H and O–H groups in total. The number of benzene rings is 2. The van der Waals surface area contributed by atoms with E-state index in [0.717, 1.165) is 6.07 Å². The Morgan fingerprint density at radius 3 is 2.62 bits per heavy atom. The van der Waals surface area contributed by atoms with Gasteiger partial charge in [0.25, 0.3) is 5.69 Å². The Balaban J connectivity index is 1.71. The molecule has 0 aliphatic carbocycles. The van der Waals surface area contributed by atoms with Crippen molar-refractivity contribution in [3.63, 3.8) is 0 Å². The second-order valence-electron chi connectivity index (χ2n) is 6.16. The van der Waals surface area contributed by atoms with Crippen LogP contribution in [0.25, 0.3) is 0 Å². The molecule has 0 saturated heterocycles. The predicted molar refractivity (Wildman–Crippen MR) is 101 cm³/mol. The summed E-state index contributed by atoms with van der Waals surface area (Å²) in [6.45, 7) is 0.554. The molecule has 0 amide bonds. The molecule has 0 fully saturated rings. The number of hydrogen-bond acceptors (Lipinski definition) is 8. The molecule has 9 nitrogen and oxygen atoms in total. The maximum Gasteiger partial charge on any atom is 0.347 e. The molecule has 3 rings (SSSR count). The number of aryl methyl sites for hydroxylation is 1. The highest BCUT2D eigenvalue weighted by molar-refractivity contribution is 6.20. The van der Waals surface area contributed by atoms with Gasteiger partial charge in [-0.15, -0.1) is 0 Å². The first-order valence-electron chi connectivity index (χ1n) is 8.54. The first kappa shape index (κ1) is 19.7. The number of Topliss-reactive ketones (excluding diaryl/α,β-unsaturated/α-hetero) is 2. The molecule has 0 atom stereocenters. The Kier molecular flexibility index (Phi) is 5.68. The van der Waals surface area contributed by atoms with E-state index in [1.165, 1.54) is 12.1 Å². The molecule has 2 aromatic rings. The van der Waals surface area contributed by atoms with Crippen LogP contribution in [0.1, 0.15) is 15.9 Å². The van der Waals surface area contributed by atoms with Gasteiger partial charge in [-0.25, -0.2) is 4.79 Å². The maximum absolute atomic E-state index is 12.3. The molecular weight excluding hydrogens is 380 g/mol. The quantitative estimate of drug-likeness (QED) is 0.249. The van der Waals surface area contributed by atoms with E-state index in [1.54, 1.807) is 37.3 Å². The number of ketones is 2. The molecule has 1 heterocycles. The summed E-state index contributed by atoms with van der Waals surface area (Å²) in [6, 6.07) is 12.7. The molecule has 29 heavy (non-hydrogen) atoms. The van der Waals surface area contributed by atoms with Gasteiger partial charge >= 0.3 is 5.97 Å². The van der Waals surface area contributed by atoms with E-state index in [1.807, 2.05) is 0 Å². The SMILES string of the molecule is Cc1ccc(C(=O)COC(=O)C2=C(Nc3ccccc3)OCC2=O)cc1[N+](=O)[O-]. The van der Waals surface area contributed by atoms with E-state index in [-0.39, 0.29) is 29.3 Å². The average molecular weight is 396 g/mol. The lowest BCUT2D eigenvalue weighted by Gasteiger charge is -2.09. The zero-order chi connectivity index (χ0) is 21.0. The van der Waals surface area contributed by atoms with Crippen LogP contribution in [-0.2, 0) is 19.1 Å². The van der Waals surface area contributed by atoms with Crippen molar-refractivity contribution in [1.82, 2.24) is 0 Å². The lowest BCUT2D eigenvalue weighted by atomic mass is 10.1. The lowest BCUT2D eigenvalue weighted by Crippen LogP contribution is -2.20. The van der Waals surface area contributed by atoms with E-state index >= 15 is 0 Å². The van der Waals surface area contributed by atoms with Crippen LogP contribution in [0.3, 0.4) is 0 Å². The van der Waals surface area contributed by atoms with Gasteiger partial charge in [0.1, 0.15) is 0 Å². The zero-order valence-corrected chi connectivity index (χ0v) is 15.3. The number of rotatable bonds is 7. The topological polar surface area (TPSA) is 125 Å². The van der Waals surface area contributed by atoms with Crippen molar-refractivity contribution in [1.29, 1.82) is 0 Å². The van der Waals surface area contributed by atoms with E-state index in [9.17, 15) is 24.5 Å². The molecular formula is C20H16N2O7. The highest BCUT2D eigenvalue weighted by atomic mass is 16.6. The second kappa shape index (κ2) is 8.34. The second-order valence-corrected chi connectivity index (χ2v) is 6.16. The van der Waals surface area contributed by atoms with E-state index in [4.69, 9.17) is 9.47 Å². The number of carbonyl (C=O) groups is 3. The maximum atomic E-state index is 12.3. The predicted octanol–water partition coefficient (Wildman–Crippen LogP) is 2.55. The van der Waals surface area contributed by atoms with Crippen LogP contribution < -0.4 is 5.32 Å². The fourth-order valence-electron chi connectivity index (χ4n) is 2.63. The van der Waals surface area contributed by atoms with Crippen molar-refractivity contribution in [3.05, 3.63) is 81.2 Å². The number of esters is 1. The molecule has 2 aromatic carbocycles. The van der Waals surface area contributed by atoms with Gasteiger partial charge in [0.2, 0.25) is 17.4 Å². The molecule has 0 saturated carbocycles. The fraction of sp³-hybridized carbons (Fsp3) is 0.150. The number of nitrogens with zero attached hydrogens (tertiary/aromatic N) is 1. The van der Waals surface area contributed by atoms with Gasteiger partial charge in [0.15, 0.2) is 18.8 Å². The van der Waals surface area contributed by atoms with Crippen LogP contribution in [0.5, 0.6) is 0 Å². The number of para-hydroxylation sites is 1. The Labute approximate surface area is 165 Å². The van der Waals surface area contributed by atoms with E-state index in [0.29, 0.717) is 11.3 Å². The highest BCUT2D eigenvalue weighted by Crippen LogP contribution is 2.22. The Bertz CT molecular complexity index is 1030. The number of nitrogens with one attached hydrogen (secondary N) is 1. The fourth-order valence-corrected chi connectivity index (χ4v) is 2.63. The third-order valence-electron chi connectivity index (χ3n) is 4.15. The Morgan fingerprint density at radius 2 is 1.93 bits per heavy atom. The first-order valence-corrected chi connectivity index (χ1v) is 8.54. The van der Waals surface area contributed by atoms with Crippen LogP contribution in [0.15, 0.2) is 60.0 Å². The summed E-state index contributed by atoms with van der Waals surface area (Å²) in [5, 5.41) is 13.8. The number of ether oxygens (including phenoxy) is 2. The van der Waals surface area contributed by atoms with Gasteiger partial charge in [-0.05, 0) is 19.1 Å². The summed E-state index contributed by atoms with van der Waals surface area (Å²) >= 11 is 0. The van der Waals surface area contributed by atoms with Crippen LogP contribution in [0, 0.1) is 17.0 Å². The normalized spacial score (nSPS) is 13.1. The minimum Gasteiger partial charge on any atom is -0.470 e. The molecule has 0 bridgehead atoms. The van der Waals surface area contributed by atoms with Crippen molar-refractivity contribution < 1.29 is 28.8 Å². The van der Waals surface area contributed by atoms with Crippen LogP contribution in [0.4, 0.5) is 11.4 Å². The third kappa shape index (κ3) is 4.46. The molecule has 1 aliphatic rings. The average Bonchev–Trinajstić information content (AvgIpc) is 3.07. The smallest absolute Gasteiger partial charge is 0.347 e. The minimum absolute atomic E-state index is 0.0284. The molecule has 148 valence electrons. The van der Waals surface area contributed by atoms with E-state index in [2.05, 4.69) is 5.32 Å². The molecule has 0 aromatic heterocycles.